The zero-order valence-electron chi connectivity index (χ0n) is 6.64. The Bertz CT molecular complexity index is 441. The summed E-state index contributed by atoms with van der Waals surface area (Å²) in [6, 6.07) is 4.04. The molecule has 0 bridgehead atoms. The van der Waals surface area contributed by atoms with Crippen molar-refractivity contribution in [2.24, 2.45) is 0 Å². The summed E-state index contributed by atoms with van der Waals surface area (Å²) in [4.78, 5) is 8.50. The molecule has 4 heteroatoms. The van der Waals surface area contributed by atoms with Crippen LogP contribution >= 0.6 is 11.3 Å². The molecule has 2 heterocycles. The predicted molar refractivity (Wildman–Crippen MR) is 50.1 cm³/mol. The zero-order chi connectivity index (χ0) is 9.10. The minimum atomic E-state index is 0.704. The predicted octanol–water partition coefficient (Wildman–Crippen LogP) is 2.08. The Morgan fingerprint density at radius 2 is 2.08 bits per heavy atom. The fourth-order valence-corrected chi connectivity index (χ4v) is 1.77. The number of aromatic nitrogens is 2. The quantitative estimate of drug-likeness (QED) is 0.686. The van der Waals surface area contributed by atoms with E-state index in [9.17, 15) is 0 Å². The van der Waals surface area contributed by atoms with Crippen LogP contribution in [0.1, 0.15) is 4.88 Å². The minimum absolute atomic E-state index is 0.704. The maximum atomic E-state index is 8.79. The summed E-state index contributed by atoms with van der Waals surface area (Å²) in [6.45, 7) is 0. The normalized spacial score (nSPS) is 9.46. The molecule has 0 aliphatic rings. The van der Waals surface area contributed by atoms with E-state index in [0.717, 1.165) is 11.1 Å². The molecular weight excluding hydrogens is 182 g/mol. The average Bonchev–Trinajstić information content (AvgIpc) is 2.67. The first kappa shape index (κ1) is 7.90. The molecule has 13 heavy (non-hydrogen) atoms. The molecule has 2 aromatic rings. The molecule has 0 saturated heterocycles. The van der Waals surface area contributed by atoms with Gasteiger partial charge in [0, 0.05) is 23.5 Å². The highest BCUT2D eigenvalue weighted by molar-refractivity contribution is 7.11. The summed E-state index contributed by atoms with van der Waals surface area (Å²) in [5.41, 5.74) is 1.80. The Hall–Kier alpha value is -1.73. The second-order valence-corrected chi connectivity index (χ2v) is 3.32. The first-order chi connectivity index (χ1) is 6.42. The lowest BCUT2D eigenvalue weighted by Gasteiger charge is -1.94. The van der Waals surface area contributed by atoms with Gasteiger partial charge in [0.05, 0.1) is 0 Å². The lowest BCUT2D eigenvalue weighted by atomic mass is 10.1. The van der Waals surface area contributed by atoms with Crippen LogP contribution in [-0.4, -0.2) is 9.97 Å². The molecule has 0 N–H and O–H groups in total. The van der Waals surface area contributed by atoms with Gasteiger partial charge in [0.25, 0.3) is 0 Å². The highest BCUT2D eigenvalue weighted by Crippen LogP contribution is 2.25. The summed E-state index contributed by atoms with van der Waals surface area (Å²) in [6.07, 6.45) is 4.88. The van der Waals surface area contributed by atoms with Crippen molar-refractivity contribution in [2.45, 2.75) is 0 Å². The van der Waals surface area contributed by atoms with E-state index in [0.29, 0.717) is 4.88 Å². The van der Waals surface area contributed by atoms with Crippen LogP contribution in [0.4, 0.5) is 0 Å². The van der Waals surface area contributed by atoms with Crippen molar-refractivity contribution in [3.05, 3.63) is 35.0 Å². The van der Waals surface area contributed by atoms with Gasteiger partial charge in [-0.05, 0) is 11.4 Å². The smallest absolute Gasteiger partial charge is 0.115 e. The van der Waals surface area contributed by atoms with Gasteiger partial charge in [-0.3, -0.25) is 0 Å². The molecule has 0 aliphatic heterocycles. The third-order valence-corrected chi connectivity index (χ3v) is 2.46. The standard InChI is InChI=1S/C9H5N3S/c10-3-9-8(1-2-13-9)7-4-11-6-12-5-7/h1-2,4-6H. The highest BCUT2D eigenvalue weighted by Gasteiger charge is 2.05. The van der Waals surface area contributed by atoms with Gasteiger partial charge in [0.2, 0.25) is 0 Å². The van der Waals surface area contributed by atoms with E-state index in [1.807, 2.05) is 11.4 Å². The number of nitriles is 1. The van der Waals surface area contributed by atoms with Crippen LogP contribution < -0.4 is 0 Å². The molecule has 0 radical (unpaired) electrons. The Morgan fingerprint density at radius 1 is 1.31 bits per heavy atom. The van der Waals surface area contributed by atoms with Gasteiger partial charge in [-0.1, -0.05) is 0 Å². The molecule has 3 nitrogen and oxygen atoms in total. The topological polar surface area (TPSA) is 49.6 Å². The van der Waals surface area contributed by atoms with Gasteiger partial charge in [-0.2, -0.15) is 5.26 Å². The Morgan fingerprint density at radius 3 is 2.77 bits per heavy atom. The minimum Gasteiger partial charge on any atom is -0.244 e. The Kier molecular flexibility index (Phi) is 2.02. The van der Waals surface area contributed by atoms with Crippen LogP contribution in [0.25, 0.3) is 11.1 Å². The van der Waals surface area contributed by atoms with Gasteiger partial charge < -0.3 is 0 Å². The fraction of sp³-hybridized carbons (Fsp3) is 0. The van der Waals surface area contributed by atoms with Gasteiger partial charge >= 0.3 is 0 Å². The summed E-state index contributed by atoms with van der Waals surface area (Å²) in [7, 11) is 0. The van der Waals surface area contributed by atoms with E-state index in [-0.39, 0.29) is 0 Å². The molecule has 0 spiro atoms. The fourth-order valence-electron chi connectivity index (χ4n) is 1.06. The first-order valence-electron chi connectivity index (χ1n) is 3.65. The summed E-state index contributed by atoms with van der Waals surface area (Å²) >= 11 is 1.43. The van der Waals surface area contributed by atoms with Crippen molar-refractivity contribution in [2.75, 3.05) is 0 Å². The maximum Gasteiger partial charge on any atom is 0.115 e. The van der Waals surface area contributed by atoms with Crippen LogP contribution in [-0.2, 0) is 0 Å². The number of rotatable bonds is 1. The molecular formula is C9H5N3S. The molecule has 2 rings (SSSR count). The van der Waals surface area contributed by atoms with E-state index in [1.54, 1.807) is 12.4 Å². The van der Waals surface area contributed by atoms with Crippen LogP contribution in [0.15, 0.2) is 30.2 Å². The van der Waals surface area contributed by atoms with Crippen molar-refractivity contribution in [3.8, 4) is 17.2 Å². The zero-order valence-corrected chi connectivity index (χ0v) is 7.45. The van der Waals surface area contributed by atoms with Crippen molar-refractivity contribution in [1.82, 2.24) is 9.97 Å². The Labute approximate surface area is 79.3 Å². The number of hydrogen-bond acceptors (Lipinski definition) is 4. The van der Waals surface area contributed by atoms with Crippen molar-refractivity contribution in [1.29, 1.82) is 5.26 Å². The number of hydrogen-bond donors (Lipinski definition) is 0. The van der Waals surface area contributed by atoms with Gasteiger partial charge in [-0.25, -0.2) is 9.97 Å². The summed E-state index contributed by atoms with van der Waals surface area (Å²) in [5, 5.41) is 10.7. The van der Waals surface area contributed by atoms with Crippen molar-refractivity contribution < 1.29 is 0 Å². The van der Waals surface area contributed by atoms with Crippen LogP contribution in [0, 0.1) is 11.3 Å². The Balaban J connectivity index is 2.54. The van der Waals surface area contributed by atoms with E-state index >= 15 is 0 Å². The number of nitrogens with zero attached hydrogens (tertiary/aromatic N) is 3. The summed E-state index contributed by atoms with van der Waals surface area (Å²) in [5.74, 6) is 0. The average molecular weight is 187 g/mol. The second kappa shape index (κ2) is 3.33. The highest BCUT2D eigenvalue weighted by atomic mass is 32.1. The molecule has 2 aromatic heterocycles. The monoisotopic (exact) mass is 187 g/mol. The molecule has 62 valence electrons. The third-order valence-electron chi connectivity index (χ3n) is 1.64. The van der Waals surface area contributed by atoms with E-state index in [1.165, 1.54) is 17.7 Å². The second-order valence-electron chi connectivity index (χ2n) is 2.40. The first-order valence-corrected chi connectivity index (χ1v) is 4.53. The van der Waals surface area contributed by atoms with E-state index in [2.05, 4.69) is 16.0 Å². The van der Waals surface area contributed by atoms with Crippen LogP contribution in [0.3, 0.4) is 0 Å². The third kappa shape index (κ3) is 1.42. The van der Waals surface area contributed by atoms with E-state index in [4.69, 9.17) is 5.26 Å². The number of thiophene rings is 1. The molecule has 0 unspecified atom stereocenters. The molecule has 0 aromatic carbocycles. The summed E-state index contributed by atoms with van der Waals surface area (Å²) < 4.78 is 0. The molecule has 0 aliphatic carbocycles. The molecule has 0 atom stereocenters. The van der Waals surface area contributed by atoms with Crippen molar-refractivity contribution in [3.63, 3.8) is 0 Å². The lowest BCUT2D eigenvalue weighted by Crippen LogP contribution is -1.81. The maximum absolute atomic E-state index is 8.79. The van der Waals surface area contributed by atoms with Gasteiger partial charge in [0.1, 0.15) is 17.3 Å². The largest absolute Gasteiger partial charge is 0.244 e. The van der Waals surface area contributed by atoms with Gasteiger partial charge in [0.15, 0.2) is 0 Å². The van der Waals surface area contributed by atoms with Gasteiger partial charge in [-0.15, -0.1) is 11.3 Å². The van der Waals surface area contributed by atoms with E-state index < -0.39 is 0 Å². The van der Waals surface area contributed by atoms with Crippen molar-refractivity contribution >= 4 is 11.3 Å². The SMILES string of the molecule is N#Cc1sccc1-c1cncnc1. The van der Waals surface area contributed by atoms with Crippen LogP contribution in [0.2, 0.25) is 0 Å². The van der Waals surface area contributed by atoms with Crippen LogP contribution in [0.5, 0.6) is 0 Å². The molecule has 0 amide bonds. The lowest BCUT2D eigenvalue weighted by molar-refractivity contribution is 1.17. The molecule has 0 saturated carbocycles. The molecule has 0 fully saturated rings.